The molecule has 0 bridgehead atoms. The SMILES string of the molecule is CN(C(=O)OC(C)(C)C)C1CCc2[nH]c3ccc(C(N)=O)cc3c2C1. The van der Waals surface area contributed by atoms with Gasteiger partial charge in [-0.3, -0.25) is 4.79 Å². The zero-order chi connectivity index (χ0) is 18.4. The molecule has 3 N–H and O–H groups in total. The maximum atomic E-state index is 12.3. The van der Waals surface area contributed by atoms with Crippen molar-refractivity contribution in [2.75, 3.05) is 7.05 Å². The van der Waals surface area contributed by atoms with Crippen LogP contribution in [-0.2, 0) is 17.6 Å². The van der Waals surface area contributed by atoms with Gasteiger partial charge in [-0.15, -0.1) is 0 Å². The molecule has 1 atom stereocenters. The quantitative estimate of drug-likeness (QED) is 0.878. The number of H-pyrrole nitrogens is 1. The number of benzene rings is 1. The van der Waals surface area contributed by atoms with Crippen LogP contribution in [0.3, 0.4) is 0 Å². The zero-order valence-corrected chi connectivity index (χ0v) is 15.2. The van der Waals surface area contributed by atoms with Gasteiger partial charge in [-0.25, -0.2) is 4.79 Å². The first-order valence-corrected chi connectivity index (χ1v) is 8.55. The van der Waals surface area contributed by atoms with Crippen LogP contribution >= 0.6 is 0 Å². The number of aryl methyl sites for hydroxylation is 1. The Balaban J connectivity index is 1.87. The molecule has 0 saturated heterocycles. The second-order valence-electron chi connectivity index (χ2n) is 7.69. The summed E-state index contributed by atoms with van der Waals surface area (Å²) in [7, 11) is 1.79. The molecule has 0 fully saturated rings. The van der Waals surface area contributed by atoms with Gasteiger partial charge in [0.2, 0.25) is 5.91 Å². The van der Waals surface area contributed by atoms with Gasteiger partial charge in [-0.1, -0.05) is 0 Å². The summed E-state index contributed by atoms with van der Waals surface area (Å²) in [5, 5.41) is 1.01. The highest BCUT2D eigenvalue weighted by Gasteiger charge is 2.30. The fourth-order valence-electron chi connectivity index (χ4n) is 3.37. The standard InChI is InChI=1S/C19H25N3O3/c1-19(2,3)25-18(24)22(4)12-6-8-16-14(10-12)13-9-11(17(20)23)5-7-15(13)21-16/h5,7,9,12,21H,6,8,10H2,1-4H3,(H2,20,23). The monoisotopic (exact) mass is 343 g/mol. The molecule has 0 aliphatic heterocycles. The highest BCUT2D eigenvalue weighted by atomic mass is 16.6. The summed E-state index contributed by atoms with van der Waals surface area (Å²) in [6.45, 7) is 5.59. The van der Waals surface area contributed by atoms with Gasteiger partial charge in [0, 0.05) is 35.2 Å². The Morgan fingerprint density at radius 3 is 2.68 bits per heavy atom. The summed E-state index contributed by atoms with van der Waals surface area (Å²) in [5.41, 5.74) is 8.72. The van der Waals surface area contributed by atoms with E-state index in [1.165, 1.54) is 5.69 Å². The van der Waals surface area contributed by atoms with Gasteiger partial charge in [-0.05, 0) is 63.8 Å². The van der Waals surface area contributed by atoms with E-state index in [-0.39, 0.29) is 12.1 Å². The summed E-state index contributed by atoms with van der Waals surface area (Å²) in [6, 6.07) is 5.53. The van der Waals surface area contributed by atoms with Crippen molar-refractivity contribution >= 4 is 22.9 Å². The molecular weight excluding hydrogens is 318 g/mol. The number of hydrogen-bond acceptors (Lipinski definition) is 3. The van der Waals surface area contributed by atoms with Gasteiger partial charge in [0.1, 0.15) is 5.60 Å². The number of carbonyl (C=O) groups excluding carboxylic acids is 2. The molecule has 1 aliphatic rings. The molecule has 1 aromatic heterocycles. The molecule has 1 heterocycles. The zero-order valence-electron chi connectivity index (χ0n) is 15.2. The Labute approximate surface area is 147 Å². The third-order valence-corrected chi connectivity index (χ3v) is 4.68. The molecule has 2 aromatic rings. The lowest BCUT2D eigenvalue weighted by Gasteiger charge is -2.33. The van der Waals surface area contributed by atoms with E-state index in [1.54, 1.807) is 18.0 Å². The minimum atomic E-state index is -0.512. The van der Waals surface area contributed by atoms with Crippen molar-refractivity contribution in [3.8, 4) is 0 Å². The Kier molecular flexibility index (Phi) is 4.22. The van der Waals surface area contributed by atoms with E-state index in [0.717, 1.165) is 35.7 Å². The van der Waals surface area contributed by atoms with E-state index < -0.39 is 11.5 Å². The number of aromatic amines is 1. The number of nitrogens with two attached hydrogens (primary N) is 1. The molecule has 3 rings (SSSR count). The Bertz CT molecular complexity index is 832. The van der Waals surface area contributed by atoms with E-state index in [2.05, 4.69) is 4.98 Å². The lowest BCUT2D eigenvalue weighted by molar-refractivity contribution is 0.0210. The number of aromatic nitrogens is 1. The number of fused-ring (bicyclic) bond motifs is 3. The normalized spacial score (nSPS) is 17.2. The van der Waals surface area contributed by atoms with Crippen LogP contribution in [0.4, 0.5) is 4.79 Å². The van der Waals surface area contributed by atoms with Crippen LogP contribution in [0.5, 0.6) is 0 Å². The predicted molar refractivity (Wildman–Crippen MR) is 96.6 cm³/mol. The van der Waals surface area contributed by atoms with Crippen molar-refractivity contribution in [2.45, 2.75) is 51.7 Å². The number of likely N-dealkylation sites (N-methyl/N-ethyl adjacent to an activating group) is 1. The van der Waals surface area contributed by atoms with Crippen molar-refractivity contribution < 1.29 is 14.3 Å². The molecule has 1 unspecified atom stereocenters. The molecule has 25 heavy (non-hydrogen) atoms. The van der Waals surface area contributed by atoms with Crippen molar-refractivity contribution in [1.29, 1.82) is 0 Å². The fourth-order valence-corrected chi connectivity index (χ4v) is 3.37. The van der Waals surface area contributed by atoms with Crippen LogP contribution < -0.4 is 5.73 Å². The summed E-state index contributed by atoms with van der Waals surface area (Å²) in [6.07, 6.45) is 2.15. The second kappa shape index (κ2) is 6.10. The van der Waals surface area contributed by atoms with E-state index in [4.69, 9.17) is 10.5 Å². The minimum Gasteiger partial charge on any atom is -0.444 e. The Hall–Kier alpha value is -2.50. The van der Waals surface area contributed by atoms with Gasteiger partial charge >= 0.3 is 6.09 Å². The maximum absolute atomic E-state index is 12.3. The average Bonchev–Trinajstić information content (AvgIpc) is 2.89. The molecule has 134 valence electrons. The van der Waals surface area contributed by atoms with Crippen LogP contribution in [0.2, 0.25) is 0 Å². The maximum Gasteiger partial charge on any atom is 0.410 e. The lowest BCUT2D eigenvalue weighted by Crippen LogP contribution is -2.43. The van der Waals surface area contributed by atoms with E-state index in [9.17, 15) is 9.59 Å². The van der Waals surface area contributed by atoms with Gasteiger partial charge in [0.25, 0.3) is 0 Å². The molecule has 6 nitrogen and oxygen atoms in total. The summed E-state index contributed by atoms with van der Waals surface area (Å²) >= 11 is 0. The van der Waals surface area contributed by atoms with E-state index in [1.807, 2.05) is 32.9 Å². The smallest absolute Gasteiger partial charge is 0.410 e. The van der Waals surface area contributed by atoms with Crippen molar-refractivity contribution in [1.82, 2.24) is 9.88 Å². The third-order valence-electron chi connectivity index (χ3n) is 4.68. The number of ether oxygens (including phenoxy) is 1. The molecule has 6 heteroatoms. The van der Waals surface area contributed by atoms with Gasteiger partial charge < -0.3 is 20.4 Å². The second-order valence-corrected chi connectivity index (χ2v) is 7.69. The third kappa shape index (κ3) is 3.48. The molecule has 2 amide bonds. The summed E-state index contributed by atoms with van der Waals surface area (Å²) in [5.74, 6) is -0.435. The number of primary amides is 1. The predicted octanol–water partition coefficient (Wildman–Crippen LogP) is 2.99. The summed E-state index contributed by atoms with van der Waals surface area (Å²) < 4.78 is 5.48. The average molecular weight is 343 g/mol. The van der Waals surface area contributed by atoms with Crippen molar-refractivity contribution in [3.05, 3.63) is 35.0 Å². The van der Waals surface area contributed by atoms with E-state index >= 15 is 0 Å². The van der Waals surface area contributed by atoms with Gasteiger partial charge in [0.05, 0.1) is 0 Å². The highest BCUT2D eigenvalue weighted by molar-refractivity contribution is 5.98. The van der Waals surface area contributed by atoms with E-state index in [0.29, 0.717) is 5.56 Å². The molecule has 0 spiro atoms. The van der Waals surface area contributed by atoms with Crippen LogP contribution in [0.15, 0.2) is 18.2 Å². The van der Waals surface area contributed by atoms with Crippen LogP contribution in [-0.4, -0.2) is 40.6 Å². The number of carbonyl (C=O) groups is 2. The van der Waals surface area contributed by atoms with Crippen molar-refractivity contribution in [2.24, 2.45) is 5.73 Å². The molecule has 1 aliphatic carbocycles. The summed E-state index contributed by atoms with van der Waals surface area (Å²) in [4.78, 5) is 28.9. The Morgan fingerprint density at radius 2 is 2.04 bits per heavy atom. The minimum absolute atomic E-state index is 0.0681. The number of nitrogens with one attached hydrogen (secondary N) is 1. The molecule has 0 radical (unpaired) electrons. The topological polar surface area (TPSA) is 88.4 Å². The Morgan fingerprint density at radius 1 is 1.32 bits per heavy atom. The van der Waals surface area contributed by atoms with Crippen molar-refractivity contribution in [3.63, 3.8) is 0 Å². The largest absolute Gasteiger partial charge is 0.444 e. The number of amides is 2. The fraction of sp³-hybridized carbons (Fsp3) is 0.474. The highest BCUT2D eigenvalue weighted by Crippen LogP contribution is 2.31. The van der Waals surface area contributed by atoms with Crippen LogP contribution in [0, 0.1) is 0 Å². The number of nitrogens with zero attached hydrogens (tertiary/aromatic N) is 1. The van der Waals surface area contributed by atoms with Crippen LogP contribution in [0.1, 0.15) is 48.8 Å². The first-order chi connectivity index (χ1) is 11.7. The van der Waals surface area contributed by atoms with Gasteiger partial charge in [-0.2, -0.15) is 0 Å². The lowest BCUT2D eigenvalue weighted by atomic mass is 9.90. The van der Waals surface area contributed by atoms with Gasteiger partial charge in [0.15, 0.2) is 0 Å². The number of hydrogen-bond donors (Lipinski definition) is 2. The first-order valence-electron chi connectivity index (χ1n) is 8.55. The first kappa shape index (κ1) is 17.3. The molecule has 1 aromatic carbocycles. The number of rotatable bonds is 2. The molecular formula is C19H25N3O3. The van der Waals surface area contributed by atoms with Crippen LogP contribution in [0.25, 0.3) is 10.9 Å². The molecule has 0 saturated carbocycles.